The number of aldehydes is 1. The molecule has 0 amide bonds. The number of halogens is 2. The molecule has 2 aromatic carbocycles. The number of benzene rings is 2. The molecule has 0 saturated heterocycles. The second-order valence-corrected chi connectivity index (χ2v) is 8.63. The number of aliphatic hydroxyl groups is 2. The van der Waals surface area contributed by atoms with Crippen molar-refractivity contribution in [3.05, 3.63) is 68.7 Å². The van der Waals surface area contributed by atoms with Gasteiger partial charge in [-0.1, -0.05) is 47.5 Å². The van der Waals surface area contributed by atoms with Crippen LogP contribution in [0.15, 0.2) is 36.4 Å². The molecule has 2 aromatic rings. The molecule has 0 aromatic heterocycles. The molecular weight excluding hydrogens is 397 g/mol. The second kappa shape index (κ2) is 8.13. The zero-order valence-corrected chi connectivity index (χ0v) is 17.7. The summed E-state index contributed by atoms with van der Waals surface area (Å²) < 4.78 is 0. The molecular formula is C22H25Cl2NO3. The summed E-state index contributed by atoms with van der Waals surface area (Å²) in [5.74, 6) is 0. The van der Waals surface area contributed by atoms with Crippen LogP contribution in [0.25, 0.3) is 0 Å². The summed E-state index contributed by atoms with van der Waals surface area (Å²) in [6.45, 7) is 5.38. The third kappa shape index (κ3) is 3.72. The van der Waals surface area contributed by atoms with Crippen LogP contribution in [-0.2, 0) is 16.8 Å². The minimum atomic E-state index is -0.997. The number of carbonyl (C=O) groups is 1. The zero-order valence-electron chi connectivity index (χ0n) is 16.2. The van der Waals surface area contributed by atoms with E-state index in [-0.39, 0.29) is 18.7 Å². The largest absolute Gasteiger partial charge is 0.395 e. The normalized spacial score (nSPS) is 21.2. The lowest BCUT2D eigenvalue weighted by molar-refractivity contribution is -0.115. The Morgan fingerprint density at radius 2 is 1.82 bits per heavy atom. The summed E-state index contributed by atoms with van der Waals surface area (Å²) in [5, 5.41) is 21.6. The minimum absolute atomic E-state index is 0.129. The maximum atomic E-state index is 12.2. The highest BCUT2D eigenvalue weighted by Crippen LogP contribution is 2.43. The van der Waals surface area contributed by atoms with Crippen LogP contribution in [0, 0.1) is 0 Å². The topological polar surface area (TPSA) is 60.8 Å². The van der Waals surface area contributed by atoms with Crippen molar-refractivity contribution in [2.24, 2.45) is 0 Å². The van der Waals surface area contributed by atoms with E-state index in [2.05, 4.69) is 0 Å². The van der Waals surface area contributed by atoms with Gasteiger partial charge in [0, 0.05) is 27.7 Å². The fourth-order valence-electron chi connectivity index (χ4n) is 4.32. The smallest absolute Gasteiger partial charge is 0.141 e. The van der Waals surface area contributed by atoms with Gasteiger partial charge in [0.15, 0.2) is 0 Å². The number of rotatable bonds is 5. The van der Waals surface area contributed by atoms with E-state index in [1.54, 1.807) is 32.0 Å². The molecule has 4 nitrogen and oxygen atoms in total. The Kier molecular flexibility index (Phi) is 6.18. The van der Waals surface area contributed by atoms with Crippen LogP contribution in [0.5, 0.6) is 0 Å². The predicted octanol–water partition coefficient (Wildman–Crippen LogP) is 4.44. The molecule has 6 heteroatoms. The van der Waals surface area contributed by atoms with Crippen LogP contribution in [-0.4, -0.2) is 34.0 Å². The molecule has 1 unspecified atom stereocenters. The van der Waals surface area contributed by atoms with Gasteiger partial charge in [0.1, 0.15) is 6.29 Å². The van der Waals surface area contributed by atoms with Gasteiger partial charge in [-0.15, -0.1) is 0 Å². The van der Waals surface area contributed by atoms with Crippen LogP contribution in [0.4, 0.5) is 0 Å². The molecule has 0 aliphatic carbocycles. The lowest BCUT2D eigenvalue weighted by Crippen LogP contribution is -2.48. The standard InChI is InChI=1S/C22H25Cl2NO3/c1-13-15-6-4-7-17(22(2,3)28)16(15)10-14(11-26)25(13)20(12-27)21-18(23)8-5-9-19(21)24/h4-9,12-14,20,26,28H,10-11H2,1-3H3/t13-,14+,20?/m0/s1. The van der Waals surface area contributed by atoms with Crippen molar-refractivity contribution in [3.63, 3.8) is 0 Å². The maximum Gasteiger partial charge on any atom is 0.141 e. The zero-order chi connectivity index (χ0) is 20.6. The highest BCUT2D eigenvalue weighted by atomic mass is 35.5. The average molecular weight is 422 g/mol. The molecule has 1 aliphatic heterocycles. The Bertz CT molecular complexity index is 858. The first-order valence-corrected chi connectivity index (χ1v) is 10.1. The van der Waals surface area contributed by atoms with Crippen molar-refractivity contribution >= 4 is 29.5 Å². The first-order valence-electron chi connectivity index (χ1n) is 9.32. The van der Waals surface area contributed by atoms with Gasteiger partial charge in [-0.25, -0.2) is 0 Å². The van der Waals surface area contributed by atoms with Crippen LogP contribution < -0.4 is 0 Å². The molecule has 0 saturated carbocycles. The number of fused-ring (bicyclic) bond motifs is 1. The van der Waals surface area contributed by atoms with Crippen molar-refractivity contribution in [1.82, 2.24) is 4.90 Å². The van der Waals surface area contributed by atoms with Crippen molar-refractivity contribution in [2.45, 2.75) is 50.9 Å². The van der Waals surface area contributed by atoms with E-state index in [1.165, 1.54) is 0 Å². The van der Waals surface area contributed by atoms with Crippen LogP contribution in [0.2, 0.25) is 10.0 Å². The van der Waals surface area contributed by atoms with E-state index in [1.807, 2.05) is 30.0 Å². The highest BCUT2D eigenvalue weighted by molar-refractivity contribution is 6.36. The molecule has 1 aliphatic rings. The maximum absolute atomic E-state index is 12.2. The Balaban J connectivity index is 2.14. The average Bonchev–Trinajstić information content (AvgIpc) is 2.64. The van der Waals surface area contributed by atoms with Gasteiger partial charge in [0.2, 0.25) is 0 Å². The van der Waals surface area contributed by atoms with E-state index in [0.29, 0.717) is 22.0 Å². The summed E-state index contributed by atoms with van der Waals surface area (Å²) in [6, 6.07) is 9.82. The van der Waals surface area contributed by atoms with E-state index in [9.17, 15) is 15.0 Å². The van der Waals surface area contributed by atoms with Gasteiger partial charge in [-0.2, -0.15) is 0 Å². The van der Waals surface area contributed by atoms with E-state index >= 15 is 0 Å². The van der Waals surface area contributed by atoms with Crippen molar-refractivity contribution in [3.8, 4) is 0 Å². The predicted molar refractivity (Wildman–Crippen MR) is 112 cm³/mol. The number of nitrogens with zero attached hydrogens (tertiary/aromatic N) is 1. The Morgan fingerprint density at radius 3 is 2.36 bits per heavy atom. The first-order chi connectivity index (χ1) is 13.2. The summed E-state index contributed by atoms with van der Waals surface area (Å²) in [6.07, 6.45) is 1.35. The molecule has 2 N–H and O–H groups in total. The third-order valence-corrected chi connectivity index (χ3v) is 6.25. The van der Waals surface area contributed by atoms with Gasteiger partial charge in [0.05, 0.1) is 18.2 Å². The monoisotopic (exact) mass is 421 g/mol. The molecule has 3 atom stereocenters. The third-order valence-electron chi connectivity index (χ3n) is 5.59. The Morgan fingerprint density at radius 1 is 1.21 bits per heavy atom. The Hall–Kier alpha value is -1.43. The van der Waals surface area contributed by atoms with E-state index in [4.69, 9.17) is 23.2 Å². The van der Waals surface area contributed by atoms with Gasteiger partial charge >= 0.3 is 0 Å². The molecule has 0 radical (unpaired) electrons. The molecule has 1 heterocycles. The quantitative estimate of drug-likeness (QED) is 0.700. The lowest BCUT2D eigenvalue weighted by atomic mass is 9.80. The van der Waals surface area contributed by atoms with E-state index < -0.39 is 11.6 Å². The summed E-state index contributed by atoms with van der Waals surface area (Å²) >= 11 is 12.8. The number of carbonyl (C=O) groups excluding carboxylic acids is 1. The summed E-state index contributed by atoms with van der Waals surface area (Å²) in [7, 11) is 0. The molecule has 3 rings (SSSR count). The van der Waals surface area contributed by atoms with Crippen molar-refractivity contribution in [2.75, 3.05) is 6.61 Å². The molecule has 0 fully saturated rings. The number of hydrogen-bond donors (Lipinski definition) is 2. The van der Waals surface area contributed by atoms with E-state index in [0.717, 1.165) is 23.0 Å². The van der Waals surface area contributed by atoms with Crippen molar-refractivity contribution in [1.29, 1.82) is 0 Å². The fraction of sp³-hybridized carbons (Fsp3) is 0.409. The van der Waals surface area contributed by atoms with Gasteiger partial charge in [-0.05, 0) is 56.0 Å². The fourth-order valence-corrected chi connectivity index (χ4v) is 4.94. The van der Waals surface area contributed by atoms with Gasteiger partial charge in [0.25, 0.3) is 0 Å². The number of hydrogen-bond acceptors (Lipinski definition) is 4. The molecule has 0 bridgehead atoms. The van der Waals surface area contributed by atoms with Gasteiger partial charge in [-0.3, -0.25) is 4.90 Å². The SMILES string of the molecule is C[C@H]1c2cccc(C(C)(C)O)c2C[C@H](CO)N1C(C=O)c1c(Cl)cccc1Cl. The highest BCUT2D eigenvalue weighted by Gasteiger charge is 2.40. The van der Waals surface area contributed by atoms with Crippen LogP contribution in [0.1, 0.15) is 55.1 Å². The van der Waals surface area contributed by atoms with Crippen LogP contribution in [0.3, 0.4) is 0 Å². The molecule has 0 spiro atoms. The number of aliphatic hydroxyl groups excluding tert-OH is 1. The van der Waals surface area contributed by atoms with Crippen LogP contribution >= 0.6 is 23.2 Å². The molecule has 150 valence electrons. The van der Waals surface area contributed by atoms with Crippen molar-refractivity contribution < 1.29 is 15.0 Å². The second-order valence-electron chi connectivity index (χ2n) is 7.81. The summed E-state index contributed by atoms with van der Waals surface area (Å²) in [4.78, 5) is 14.1. The molecule has 28 heavy (non-hydrogen) atoms. The summed E-state index contributed by atoms with van der Waals surface area (Å²) in [5.41, 5.74) is 2.44. The first kappa shape index (κ1) is 21.3. The minimum Gasteiger partial charge on any atom is -0.395 e. The Labute approximate surface area is 175 Å². The van der Waals surface area contributed by atoms with Gasteiger partial charge < -0.3 is 15.0 Å². The lowest BCUT2D eigenvalue weighted by Gasteiger charge is -2.45.